The molecule has 25 heteroatoms. The van der Waals surface area contributed by atoms with Crippen molar-refractivity contribution < 1.29 is 82.0 Å². The summed E-state index contributed by atoms with van der Waals surface area (Å²) in [4.78, 5) is 69.1. The molecule has 1 saturated heterocycles. The van der Waals surface area contributed by atoms with Gasteiger partial charge < -0.3 is 40.7 Å². The van der Waals surface area contributed by atoms with Crippen LogP contribution < -0.4 is 45.7 Å². The Hall–Kier alpha value is -4.46. The first-order chi connectivity index (χ1) is 24.7. The minimum Gasteiger partial charge on any atom is -0.543 e. The second-order valence-electron chi connectivity index (χ2n) is 10.8. The van der Waals surface area contributed by atoms with Gasteiger partial charge in [-0.05, 0) is 30.7 Å². The SMILES string of the molecule is COC(=O)c1nc2nc(C)cc(SCC3=C(C(=O)[O-])N4C(=O)[C@@H](NC(=O)/C(=N/OCS(=O)(=O)c5ccc(O)c(O)c5)c5csc(N)n5)[C@H]4SC3)n2n1.[Na+]. The number of thiazole rings is 1. The van der Waals surface area contributed by atoms with Crippen molar-refractivity contribution in [2.24, 2.45) is 5.16 Å². The van der Waals surface area contributed by atoms with Crippen LogP contribution in [0.25, 0.3) is 5.78 Å². The molecule has 3 aromatic heterocycles. The van der Waals surface area contributed by atoms with Gasteiger partial charge in [0.1, 0.15) is 22.1 Å². The zero-order valence-corrected chi connectivity index (χ0v) is 32.8. The van der Waals surface area contributed by atoms with Gasteiger partial charge in [-0.1, -0.05) is 5.16 Å². The number of hydrogen-bond donors (Lipinski definition) is 4. The number of phenolic OH excluding ortho intramolecular Hbond substituents is 2. The molecule has 2 atom stereocenters. The second-order valence-corrected chi connectivity index (χ2v) is 15.7. The van der Waals surface area contributed by atoms with E-state index in [1.165, 1.54) is 28.8 Å². The van der Waals surface area contributed by atoms with Gasteiger partial charge >= 0.3 is 35.5 Å². The number of nitrogens with two attached hydrogens (primary N) is 1. The number of aryl methyl sites for hydroxylation is 1. The number of methoxy groups -OCH3 is 1. The van der Waals surface area contributed by atoms with Crippen LogP contribution >= 0.6 is 34.9 Å². The second kappa shape index (κ2) is 15.9. The minimum absolute atomic E-state index is 0. The fourth-order valence-electron chi connectivity index (χ4n) is 4.91. The number of aromatic nitrogens is 5. The van der Waals surface area contributed by atoms with E-state index in [2.05, 4.69) is 35.3 Å². The Bertz CT molecular complexity index is 2330. The van der Waals surface area contributed by atoms with Gasteiger partial charge in [0.15, 0.2) is 22.3 Å². The van der Waals surface area contributed by atoms with Gasteiger partial charge in [-0.3, -0.25) is 14.5 Å². The number of fused-ring (bicyclic) bond motifs is 2. The van der Waals surface area contributed by atoms with Crippen LogP contribution in [0.2, 0.25) is 0 Å². The van der Waals surface area contributed by atoms with Crippen molar-refractivity contribution in [2.75, 3.05) is 30.3 Å². The number of carboxylic acids is 1. The number of sulfone groups is 1. The maximum Gasteiger partial charge on any atom is 1.00 e. The first kappa shape index (κ1) is 39.7. The van der Waals surface area contributed by atoms with E-state index < -0.39 is 73.1 Å². The number of nitrogen functional groups attached to an aromatic ring is 1. The number of β-lactam (4-membered cyclic amide) rings is 1. The third-order valence-corrected chi connectivity index (χ3v) is 11.8. The summed E-state index contributed by atoms with van der Waals surface area (Å²) in [5.41, 5.74) is 5.62. The molecule has 2 amide bonds. The van der Waals surface area contributed by atoms with Crippen molar-refractivity contribution in [1.29, 1.82) is 0 Å². The van der Waals surface area contributed by atoms with E-state index in [0.717, 1.165) is 46.2 Å². The molecule has 272 valence electrons. The van der Waals surface area contributed by atoms with E-state index in [1.54, 1.807) is 13.0 Å². The molecule has 2 aliphatic rings. The summed E-state index contributed by atoms with van der Waals surface area (Å²) < 4.78 is 31.4. The predicted molar refractivity (Wildman–Crippen MR) is 181 cm³/mol. The predicted octanol–water partition coefficient (Wildman–Crippen LogP) is -3.98. The number of nitrogens with zero attached hydrogens (tertiary/aromatic N) is 7. The maximum absolute atomic E-state index is 13.4. The van der Waals surface area contributed by atoms with Crippen molar-refractivity contribution in [3.05, 3.63) is 58.1 Å². The number of amides is 2. The topological polar surface area (TPSA) is 294 Å². The number of phenols is 2. The van der Waals surface area contributed by atoms with E-state index >= 15 is 0 Å². The van der Waals surface area contributed by atoms with E-state index in [4.69, 9.17) is 10.6 Å². The molecular formula is C28H24N9NaO11S4. The normalized spacial score (nSPS) is 17.1. The van der Waals surface area contributed by atoms with Crippen LogP contribution in [0.5, 0.6) is 11.5 Å². The first-order valence-corrected chi connectivity index (χ1v) is 19.1. The number of thioether (sulfide) groups is 2. The largest absolute Gasteiger partial charge is 1.00 e. The Morgan fingerprint density at radius 3 is 2.60 bits per heavy atom. The molecular weight excluding hydrogens is 790 g/mol. The average molecular weight is 814 g/mol. The van der Waals surface area contributed by atoms with Crippen LogP contribution in [0.4, 0.5) is 5.13 Å². The summed E-state index contributed by atoms with van der Waals surface area (Å²) in [6.45, 7) is 1.70. The number of esters is 1. The molecule has 20 nitrogen and oxygen atoms in total. The van der Waals surface area contributed by atoms with Crippen molar-refractivity contribution >= 4 is 85.1 Å². The molecule has 5 heterocycles. The molecule has 0 bridgehead atoms. The number of anilines is 1. The third kappa shape index (κ3) is 8.07. The Morgan fingerprint density at radius 1 is 1.19 bits per heavy atom. The van der Waals surface area contributed by atoms with Crippen LogP contribution in [-0.2, 0) is 33.8 Å². The summed E-state index contributed by atoms with van der Waals surface area (Å²) >= 11 is 3.29. The third-order valence-electron chi connectivity index (χ3n) is 7.35. The molecule has 5 N–H and O–H groups in total. The van der Waals surface area contributed by atoms with Gasteiger partial charge in [-0.2, -0.15) is 9.50 Å². The van der Waals surface area contributed by atoms with Crippen LogP contribution in [0.15, 0.2) is 56.0 Å². The zero-order valence-electron chi connectivity index (χ0n) is 27.6. The molecule has 0 aliphatic carbocycles. The number of nitrogens with one attached hydrogen (secondary N) is 1. The maximum atomic E-state index is 13.4. The smallest absolute Gasteiger partial charge is 0.543 e. The van der Waals surface area contributed by atoms with Gasteiger partial charge in [0.05, 0.1) is 23.7 Å². The summed E-state index contributed by atoms with van der Waals surface area (Å²) in [5, 5.41) is 42.8. The average Bonchev–Trinajstić information content (AvgIpc) is 3.74. The van der Waals surface area contributed by atoms with Gasteiger partial charge in [-0.15, -0.1) is 40.0 Å². The number of aliphatic carboxylic acids is 1. The van der Waals surface area contributed by atoms with Gasteiger partial charge in [0.25, 0.3) is 23.4 Å². The molecule has 6 rings (SSSR count). The van der Waals surface area contributed by atoms with Gasteiger partial charge in [0.2, 0.25) is 15.8 Å². The Kier molecular flexibility index (Phi) is 11.9. The molecule has 53 heavy (non-hydrogen) atoms. The van der Waals surface area contributed by atoms with Crippen LogP contribution in [0.3, 0.4) is 0 Å². The Labute approximate surface area is 333 Å². The fourth-order valence-corrected chi connectivity index (χ4v) is 8.89. The summed E-state index contributed by atoms with van der Waals surface area (Å²) in [6.07, 6.45) is 0. The summed E-state index contributed by atoms with van der Waals surface area (Å²) in [6, 6.07) is 3.24. The molecule has 1 aromatic carbocycles. The number of ether oxygens (including phenoxy) is 1. The molecule has 4 aromatic rings. The summed E-state index contributed by atoms with van der Waals surface area (Å²) in [7, 11) is -3.05. The van der Waals surface area contributed by atoms with E-state index in [0.29, 0.717) is 16.3 Å². The van der Waals surface area contributed by atoms with Crippen LogP contribution in [-0.4, -0.2) is 114 Å². The minimum atomic E-state index is -4.23. The monoisotopic (exact) mass is 813 g/mol. The summed E-state index contributed by atoms with van der Waals surface area (Å²) in [5.74, 6) is -6.34. The number of benzene rings is 1. The van der Waals surface area contributed by atoms with Crippen molar-refractivity contribution in [2.45, 2.75) is 28.3 Å². The van der Waals surface area contributed by atoms with Crippen molar-refractivity contribution in [3.8, 4) is 11.5 Å². The standard InChI is InChI=1S/C28H25N9O11S4.Na/c1-11-5-17(37-28(30-11)33-21(34-37)26(44)47-2)49-7-12-8-50-24-19(23(41)36(24)20(12)25(42)43)32-22(40)18(14-9-51-27(29)31-14)35-48-10-52(45,46)13-3-4-15(38)16(39)6-13;/h3-6,9,19,24,38-39H,7-8,10H2,1-2H3,(H2,29,31)(H,32,40)(H,42,43);/q;+1/p-1/b35-18+;/t19-,24-;/m1./s1. The Balaban J connectivity index is 0.00000541. The number of carbonyl (C=O) groups is 4. The molecule has 0 saturated carbocycles. The number of oxime groups is 1. The van der Waals surface area contributed by atoms with Crippen LogP contribution in [0.1, 0.15) is 22.0 Å². The van der Waals surface area contributed by atoms with Crippen molar-refractivity contribution in [1.82, 2.24) is 34.8 Å². The molecule has 1 fully saturated rings. The van der Waals surface area contributed by atoms with E-state index in [9.17, 15) is 42.9 Å². The van der Waals surface area contributed by atoms with Gasteiger partial charge in [-0.25, -0.2) is 23.2 Å². The molecule has 0 spiro atoms. The first-order valence-electron chi connectivity index (χ1n) is 14.5. The number of hydrogen-bond acceptors (Lipinski definition) is 20. The number of aromatic hydroxyl groups is 2. The zero-order chi connectivity index (χ0) is 37.5. The molecule has 0 radical (unpaired) electrons. The van der Waals surface area contributed by atoms with E-state index in [-0.39, 0.29) is 69.2 Å². The number of carboxylic acid groups (broad SMARTS) is 1. The van der Waals surface area contributed by atoms with E-state index in [1.807, 2.05) is 0 Å². The van der Waals surface area contributed by atoms with Crippen molar-refractivity contribution in [3.63, 3.8) is 0 Å². The van der Waals surface area contributed by atoms with Crippen LogP contribution in [0, 0.1) is 6.92 Å². The number of rotatable bonds is 12. The molecule has 2 aliphatic heterocycles. The Morgan fingerprint density at radius 2 is 1.94 bits per heavy atom. The quantitative estimate of drug-likeness (QED) is 0.0155. The molecule has 0 unspecified atom stereocenters. The number of carbonyl (C=O) groups excluding carboxylic acids is 4. The van der Waals surface area contributed by atoms with Gasteiger partial charge in [0, 0.05) is 28.6 Å². The fraction of sp³-hybridized carbons (Fsp3) is 0.250.